The van der Waals surface area contributed by atoms with Gasteiger partial charge in [-0.05, 0) is 12.1 Å². The van der Waals surface area contributed by atoms with Crippen LogP contribution in [-0.2, 0) is 9.47 Å². The summed E-state index contributed by atoms with van der Waals surface area (Å²) in [6.45, 7) is -1.04. The van der Waals surface area contributed by atoms with E-state index in [-0.39, 0.29) is 47.5 Å². The number of alkyl halides is 2. The molecule has 6 heterocycles. The summed E-state index contributed by atoms with van der Waals surface area (Å²) in [4.78, 5) is 28.0. The summed E-state index contributed by atoms with van der Waals surface area (Å²) >= 11 is 0. The molecule has 2 aliphatic rings. The molecule has 258 valence electrons. The van der Waals surface area contributed by atoms with Crippen molar-refractivity contribution in [2.75, 3.05) is 24.3 Å². The number of aromatic nitrogens is 10. The molecule has 7 rings (SSSR count). The van der Waals surface area contributed by atoms with Crippen LogP contribution in [0.3, 0.4) is 0 Å². The van der Waals surface area contributed by atoms with E-state index in [1.54, 1.807) is 30.3 Å². The molecule has 0 saturated carbocycles. The second-order valence-electron chi connectivity index (χ2n) is 10.1. The van der Waals surface area contributed by atoms with Crippen LogP contribution in [0.1, 0.15) is 30.2 Å². The monoisotopic (exact) mass is 677 g/mol. The summed E-state index contributed by atoms with van der Waals surface area (Å²) in [6.07, 6.45) is -8.78. The van der Waals surface area contributed by atoms with Crippen molar-refractivity contribution in [2.45, 2.75) is 56.6 Å². The first-order chi connectivity index (χ1) is 22.2. The lowest BCUT2D eigenvalue weighted by atomic mass is 10.1. The SMILES string of the molecule is C.N.Nc1ncnc2c1nnn2[C@@H]1O[C@H](CO)[C@@H](O)[C@@H]1F.O=C(Nc1ncnc2c1nnn2[C@@H]1O[C@H](CO)[C@@H](O)[C@@H]1F)c1ccccc1. The Kier molecular flexibility index (Phi) is 11.1. The molecule has 22 heteroatoms. The van der Waals surface area contributed by atoms with Gasteiger partial charge in [-0.1, -0.05) is 36.1 Å². The first kappa shape index (κ1) is 35.9. The van der Waals surface area contributed by atoms with Crippen LogP contribution in [0.2, 0.25) is 0 Å². The molecule has 4 aromatic heterocycles. The summed E-state index contributed by atoms with van der Waals surface area (Å²) in [5.74, 6) is -0.182. The third kappa shape index (κ3) is 6.44. The van der Waals surface area contributed by atoms with Gasteiger partial charge < -0.3 is 47.1 Å². The van der Waals surface area contributed by atoms with Crippen molar-refractivity contribution < 1.29 is 43.5 Å². The molecule has 20 nitrogen and oxygen atoms in total. The number of fused-ring (bicyclic) bond motifs is 2. The molecule has 0 aliphatic carbocycles. The van der Waals surface area contributed by atoms with Crippen LogP contribution in [0.25, 0.3) is 22.3 Å². The maximum absolute atomic E-state index is 14.4. The lowest BCUT2D eigenvalue weighted by Gasteiger charge is -2.13. The number of ether oxygens (including phenoxy) is 2. The number of halogens is 2. The first-order valence-corrected chi connectivity index (χ1v) is 13.6. The average Bonchev–Trinajstić information content (AvgIpc) is 3.83. The molecule has 0 unspecified atom stereocenters. The molecule has 0 spiro atoms. The predicted octanol–water partition coefficient (Wildman–Crippen LogP) is -0.747. The fourth-order valence-corrected chi connectivity index (χ4v) is 4.85. The zero-order chi connectivity index (χ0) is 32.5. The minimum atomic E-state index is -1.83. The van der Waals surface area contributed by atoms with Gasteiger partial charge in [-0.25, -0.2) is 28.7 Å². The number of hydrogen-bond acceptors (Lipinski definition) is 17. The second-order valence-corrected chi connectivity index (χ2v) is 10.1. The number of nitrogens with zero attached hydrogens (tertiary/aromatic N) is 10. The smallest absolute Gasteiger partial charge is 0.256 e. The molecule has 8 atom stereocenters. The number of carbonyl (C=O) groups excluding carboxylic acids is 1. The maximum Gasteiger partial charge on any atom is 0.256 e. The Labute approximate surface area is 269 Å². The molecule has 48 heavy (non-hydrogen) atoms. The minimum Gasteiger partial charge on any atom is -0.394 e. The van der Waals surface area contributed by atoms with Crippen molar-refractivity contribution in [3.05, 3.63) is 48.5 Å². The van der Waals surface area contributed by atoms with Gasteiger partial charge in [0.05, 0.1) is 13.2 Å². The summed E-state index contributed by atoms with van der Waals surface area (Å²) < 4.78 is 41.0. The summed E-state index contributed by atoms with van der Waals surface area (Å²) in [5, 5.41) is 55.3. The molecule has 0 radical (unpaired) electrons. The molecule has 5 aromatic rings. The number of benzene rings is 1. The topological polar surface area (TPSA) is 302 Å². The Balaban J connectivity index is 0.000000220. The van der Waals surface area contributed by atoms with Crippen LogP contribution < -0.4 is 17.2 Å². The molecule has 2 saturated heterocycles. The van der Waals surface area contributed by atoms with Crippen LogP contribution in [0.5, 0.6) is 0 Å². The first-order valence-electron chi connectivity index (χ1n) is 13.6. The van der Waals surface area contributed by atoms with E-state index in [9.17, 15) is 23.8 Å². The number of aliphatic hydroxyl groups excluding tert-OH is 4. The van der Waals surface area contributed by atoms with Crippen molar-refractivity contribution in [3.63, 3.8) is 0 Å². The van der Waals surface area contributed by atoms with Gasteiger partial charge in [0, 0.05) is 5.56 Å². The number of nitrogens with two attached hydrogens (primary N) is 1. The molecular weight excluding hydrogens is 644 g/mol. The second kappa shape index (κ2) is 14.8. The number of nitrogens with one attached hydrogen (secondary N) is 1. The number of anilines is 2. The third-order valence-electron chi connectivity index (χ3n) is 7.25. The van der Waals surface area contributed by atoms with E-state index in [0.29, 0.717) is 5.56 Å². The van der Waals surface area contributed by atoms with Gasteiger partial charge in [-0.3, -0.25) is 4.79 Å². The quantitative estimate of drug-likeness (QED) is 0.116. The highest BCUT2D eigenvalue weighted by molar-refractivity contribution is 6.06. The van der Waals surface area contributed by atoms with Crippen molar-refractivity contribution >= 4 is 39.9 Å². The van der Waals surface area contributed by atoms with E-state index >= 15 is 0 Å². The van der Waals surface area contributed by atoms with Gasteiger partial charge in [0.25, 0.3) is 5.91 Å². The summed E-state index contributed by atoms with van der Waals surface area (Å²) in [5.41, 5.74) is 6.70. The average molecular weight is 678 g/mol. The van der Waals surface area contributed by atoms with Gasteiger partial charge in [0.15, 0.2) is 58.8 Å². The number of rotatable bonds is 6. The number of carbonyl (C=O) groups is 1. The van der Waals surface area contributed by atoms with E-state index < -0.39 is 68.3 Å². The molecule has 10 N–H and O–H groups in total. The van der Waals surface area contributed by atoms with Crippen LogP contribution in [0.4, 0.5) is 20.4 Å². The maximum atomic E-state index is 14.4. The lowest BCUT2D eigenvalue weighted by molar-refractivity contribution is -0.0512. The van der Waals surface area contributed by atoms with Gasteiger partial charge in [-0.2, -0.15) is 9.36 Å². The fourth-order valence-electron chi connectivity index (χ4n) is 4.85. The van der Waals surface area contributed by atoms with Gasteiger partial charge in [0.2, 0.25) is 0 Å². The van der Waals surface area contributed by atoms with Crippen LogP contribution in [0.15, 0.2) is 43.0 Å². The lowest BCUT2D eigenvalue weighted by Crippen LogP contribution is -2.30. The normalized spacial score (nSPS) is 26.4. The number of nitrogen functional groups attached to an aromatic ring is 1. The number of aliphatic hydroxyl groups is 4. The summed E-state index contributed by atoms with van der Waals surface area (Å²) in [7, 11) is 0. The third-order valence-corrected chi connectivity index (χ3v) is 7.25. The molecule has 2 fully saturated rings. The highest BCUT2D eigenvalue weighted by Gasteiger charge is 2.47. The van der Waals surface area contributed by atoms with Crippen LogP contribution in [0, 0.1) is 0 Å². The molecular formula is C26H33F2N13O7. The number of amides is 1. The van der Waals surface area contributed by atoms with Gasteiger partial charge in [0.1, 0.15) is 37.1 Å². The Hall–Kier alpha value is -4.97. The van der Waals surface area contributed by atoms with E-state index in [1.165, 1.54) is 12.7 Å². The highest BCUT2D eigenvalue weighted by Crippen LogP contribution is 2.34. The Morgan fingerprint density at radius 2 is 1.33 bits per heavy atom. The van der Waals surface area contributed by atoms with Crippen molar-refractivity contribution in [1.82, 2.24) is 56.1 Å². The minimum absolute atomic E-state index is 0. The zero-order valence-corrected chi connectivity index (χ0v) is 24.1. The van der Waals surface area contributed by atoms with Crippen molar-refractivity contribution in [2.24, 2.45) is 0 Å². The van der Waals surface area contributed by atoms with Crippen molar-refractivity contribution in [3.8, 4) is 0 Å². The van der Waals surface area contributed by atoms with E-state index in [4.69, 9.17) is 25.4 Å². The highest BCUT2D eigenvalue weighted by atomic mass is 19.1. The fraction of sp³-hybridized carbons (Fsp3) is 0.423. The Bertz CT molecular complexity index is 1830. The van der Waals surface area contributed by atoms with Crippen LogP contribution >= 0.6 is 0 Å². The molecule has 1 amide bonds. The molecule has 1 aromatic carbocycles. The Morgan fingerprint density at radius 1 is 0.833 bits per heavy atom. The molecule has 2 aliphatic heterocycles. The zero-order valence-electron chi connectivity index (χ0n) is 24.1. The van der Waals surface area contributed by atoms with E-state index in [2.05, 4.69) is 45.9 Å². The van der Waals surface area contributed by atoms with E-state index in [1.807, 2.05) is 0 Å². The van der Waals surface area contributed by atoms with E-state index in [0.717, 1.165) is 9.36 Å². The van der Waals surface area contributed by atoms with Crippen molar-refractivity contribution in [1.29, 1.82) is 0 Å². The number of hydrogen-bond donors (Lipinski definition) is 7. The summed E-state index contributed by atoms with van der Waals surface area (Å²) in [6, 6.07) is 8.52. The largest absolute Gasteiger partial charge is 0.394 e. The molecule has 0 bridgehead atoms. The van der Waals surface area contributed by atoms with Gasteiger partial charge >= 0.3 is 0 Å². The Morgan fingerprint density at radius 3 is 1.85 bits per heavy atom. The van der Waals surface area contributed by atoms with Crippen LogP contribution in [-0.4, -0.2) is 126 Å². The predicted molar refractivity (Wildman–Crippen MR) is 161 cm³/mol. The van der Waals surface area contributed by atoms with Gasteiger partial charge in [-0.15, -0.1) is 10.2 Å². The standard InChI is InChI=1S/C16H15FN6O4.C9H11FN6O3.CH4.H3N/c17-10-12(25)9(6-24)27-16(10)23-14-11(21-22-23)13(18-7-19-14)20-15(26)8-4-2-1-3-5-8;10-4-6(18)3(1-17)19-9(4)16-8-5(14-15-16)7(11)12-2-13-8;;/h1-5,7,9-10,12,16,24-25H,6H2,(H,18,19,20,26);2-4,6,9,17-18H,1H2,(H2,11,12,13);1H4;1H3/t9-,10+,12-,16-;3-,4+,6-,9-;;/m11../s1.